The summed E-state index contributed by atoms with van der Waals surface area (Å²) >= 11 is 0. The molecule has 1 fully saturated rings. The molecule has 1 saturated heterocycles. The number of aryl methyl sites for hydroxylation is 1. The average molecular weight is 313 g/mol. The molecule has 0 N–H and O–H groups in total. The van der Waals surface area contributed by atoms with Gasteiger partial charge in [0, 0.05) is 32.5 Å². The van der Waals surface area contributed by atoms with Crippen molar-refractivity contribution < 1.29 is 9.13 Å². The van der Waals surface area contributed by atoms with Crippen molar-refractivity contribution in [2.45, 2.75) is 0 Å². The fraction of sp³-hybridized carbons (Fsp3) is 0.312. The Balaban J connectivity index is 1.69. The Kier molecular flexibility index (Phi) is 3.42. The van der Waals surface area contributed by atoms with Crippen molar-refractivity contribution in [3.05, 3.63) is 36.4 Å². The summed E-state index contributed by atoms with van der Waals surface area (Å²) < 4.78 is 20.6. The Morgan fingerprint density at radius 2 is 1.87 bits per heavy atom. The summed E-state index contributed by atoms with van der Waals surface area (Å²) in [6.07, 6.45) is 3.52. The van der Waals surface area contributed by atoms with Gasteiger partial charge in [-0.1, -0.05) is 0 Å². The minimum absolute atomic E-state index is 0.272. The first-order valence-corrected chi connectivity index (χ1v) is 7.49. The second-order valence-electron chi connectivity index (χ2n) is 5.50. The van der Waals surface area contributed by atoms with Gasteiger partial charge in [-0.3, -0.25) is 0 Å². The molecule has 3 heterocycles. The highest BCUT2D eigenvalue weighted by Gasteiger charge is 2.15. The molecule has 0 spiro atoms. The highest BCUT2D eigenvalue weighted by atomic mass is 19.1. The maximum atomic E-state index is 13.4. The number of benzene rings is 1. The number of ether oxygens (including phenoxy) is 1. The smallest absolute Gasteiger partial charge is 0.225 e. The Morgan fingerprint density at radius 3 is 2.61 bits per heavy atom. The molecule has 0 aliphatic carbocycles. The maximum Gasteiger partial charge on any atom is 0.225 e. The van der Waals surface area contributed by atoms with Gasteiger partial charge in [0.25, 0.3) is 0 Å². The molecule has 1 aliphatic rings. The minimum Gasteiger partial charge on any atom is -0.378 e. The van der Waals surface area contributed by atoms with E-state index in [2.05, 4.69) is 19.9 Å². The third-order valence-electron chi connectivity index (χ3n) is 4.03. The standard InChI is InChI=1S/C16H16FN5O/c1-21-14-8-12(17)2-3-13(14)20-15(21)11-9-18-16(19-10-11)22-4-6-23-7-5-22/h2-3,8-10H,4-7H2,1H3. The normalized spacial score (nSPS) is 15.3. The van der Waals surface area contributed by atoms with Gasteiger partial charge in [0.1, 0.15) is 11.6 Å². The number of hydrogen-bond acceptors (Lipinski definition) is 5. The number of fused-ring (bicyclic) bond motifs is 1. The molecule has 0 saturated carbocycles. The predicted molar refractivity (Wildman–Crippen MR) is 84.7 cm³/mol. The van der Waals surface area contributed by atoms with Gasteiger partial charge in [0.2, 0.25) is 5.95 Å². The molecule has 1 aliphatic heterocycles. The second kappa shape index (κ2) is 5.58. The molecule has 118 valence electrons. The van der Waals surface area contributed by atoms with Crippen molar-refractivity contribution in [3.8, 4) is 11.4 Å². The SMILES string of the molecule is Cn1c(-c2cnc(N3CCOCC3)nc2)nc2ccc(F)cc21. The third kappa shape index (κ3) is 2.53. The first-order chi connectivity index (χ1) is 11.2. The summed E-state index contributed by atoms with van der Waals surface area (Å²) in [5, 5.41) is 0. The van der Waals surface area contributed by atoms with Crippen molar-refractivity contribution in [2.75, 3.05) is 31.2 Å². The molecule has 1 aromatic carbocycles. The molecule has 0 radical (unpaired) electrons. The van der Waals surface area contributed by atoms with Gasteiger partial charge in [0.15, 0.2) is 0 Å². The number of halogens is 1. The Bertz CT molecular complexity index is 840. The van der Waals surface area contributed by atoms with E-state index in [0.29, 0.717) is 19.2 Å². The molecule has 0 unspecified atom stereocenters. The molecule has 0 amide bonds. The zero-order valence-electron chi connectivity index (χ0n) is 12.7. The second-order valence-corrected chi connectivity index (χ2v) is 5.50. The van der Waals surface area contributed by atoms with Gasteiger partial charge in [-0.05, 0) is 18.2 Å². The predicted octanol–water partition coefficient (Wildman–Crippen LogP) is 2.01. The molecule has 7 heteroatoms. The fourth-order valence-corrected chi connectivity index (χ4v) is 2.78. The van der Waals surface area contributed by atoms with Gasteiger partial charge in [0.05, 0.1) is 29.8 Å². The zero-order chi connectivity index (χ0) is 15.8. The number of morpholine rings is 1. The van der Waals surface area contributed by atoms with E-state index in [9.17, 15) is 4.39 Å². The van der Waals surface area contributed by atoms with E-state index >= 15 is 0 Å². The lowest BCUT2D eigenvalue weighted by Gasteiger charge is -2.26. The minimum atomic E-state index is -0.272. The fourth-order valence-electron chi connectivity index (χ4n) is 2.78. The van der Waals surface area contributed by atoms with Crippen LogP contribution in [0.5, 0.6) is 0 Å². The number of anilines is 1. The molecular weight excluding hydrogens is 297 g/mol. The molecule has 0 atom stereocenters. The van der Waals surface area contributed by atoms with Crippen LogP contribution in [0.15, 0.2) is 30.6 Å². The highest BCUT2D eigenvalue weighted by Crippen LogP contribution is 2.24. The van der Waals surface area contributed by atoms with Crippen molar-refractivity contribution in [1.29, 1.82) is 0 Å². The molecule has 3 aromatic rings. The van der Waals surface area contributed by atoms with E-state index in [1.165, 1.54) is 12.1 Å². The average Bonchev–Trinajstić information content (AvgIpc) is 2.92. The number of nitrogens with zero attached hydrogens (tertiary/aromatic N) is 5. The topological polar surface area (TPSA) is 56.1 Å². The highest BCUT2D eigenvalue weighted by molar-refractivity contribution is 5.80. The molecule has 4 rings (SSSR count). The van der Waals surface area contributed by atoms with E-state index < -0.39 is 0 Å². The Hall–Kier alpha value is -2.54. The summed E-state index contributed by atoms with van der Waals surface area (Å²) in [6.45, 7) is 2.98. The summed E-state index contributed by atoms with van der Waals surface area (Å²) in [7, 11) is 1.86. The quantitative estimate of drug-likeness (QED) is 0.724. The van der Waals surface area contributed by atoms with E-state index in [4.69, 9.17) is 4.74 Å². The van der Waals surface area contributed by atoms with Crippen molar-refractivity contribution in [2.24, 2.45) is 7.05 Å². The van der Waals surface area contributed by atoms with Gasteiger partial charge in [-0.2, -0.15) is 0 Å². The van der Waals surface area contributed by atoms with Crippen LogP contribution in [0.2, 0.25) is 0 Å². The number of rotatable bonds is 2. The Labute approximate surface area is 132 Å². The van der Waals surface area contributed by atoms with Crippen LogP contribution < -0.4 is 4.90 Å². The van der Waals surface area contributed by atoms with Crippen LogP contribution in [-0.4, -0.2) is 45.8 Å². The van der Waals surface area contributed by atoms with E-state index in [0.717, 1.165) is 35.5 Å². The van der Waals surface area contributed by atoms with Crippen LogP contribution in [-0.2, 0) is 11.8 Å². The Morgan fingerprint density at radius 1 is 1.13 bits per heavy atom. The first-order valence-electron chi connectivity index (χ1n) is 7.49. The number of aromatic nitrogens is 4. The molecular formula is C16H16FN5O. The van der Waals surface area contributed by atoms with Crippen molar-refractivity contribution >= 4 is 17.0 Å². The summed E-state index contributed by atoms with van der Waals surface area (Å²) in [5.74, 6) is 1.15. The van der Waals surface area contributed by atoms with Crippen molar-refractivity contribution in [3.63, 3.8) is 0 Å². The van der Waals surface area contributed by atoms with Gasteiger partial charge >= 0.3 is 0 Å². The summed E-state index contributed by atoms with van der Waals surface area (Å²) in [5.41, 5.74) is 2.31. The molecule has 23 heavy (non-hydrogen) atoms. The first kappa shape index (κ1) is 14.1. The van der Waals surface area contributed by atoms with Crippen LogP contribution in [0, 0.1) is 5.82 Å². The summed E-state index contributed by atoms with van der Waals surface area (Å²) in [4.78, 5) is 15.5. The lowest BCUT2D eigenvalue weighted by atomic mass is 10.3. The van der Waals surface area contributed by atoms with Crippen LogP contribution in [0.3, 0.4) is 0 Å². The number of hydrogen-bond donors (Lipinski definition) is 0. The molecule has 6 nitrogen and oxygen atoms in total. The van der Waals surface area contributed by atoms with Crippen LogP contribution in [0.4, 0.5) is 10.3 Å². The molecule has 2 aromatic heterocycles. The summed E-state index contributed by atoms with van der Waals surface area (Å²) in [6, 6.07) is 4.57. The lowest BCUT2D eigenvalue weighted by molar-refractivity contribution is 0.122. The number of imidazole rings is 1. The van der Waals surface area contributed by atoms with Gasteiger partial charge in [-0.25, -0.2) is 19.3 Å². The van der Waals surface area contributed by atoms with Crippen molar-refractivity contribution in [1.82, 2.24) is 19.5 Å². The van der Waals surface area contributed by atoms with Gasteiger partial charge in [-0.15, -0.1) is 0 Å². The van der Waals surface area contributed by atoms with Gasteiger partial charge < -0.3 is 14.2 Å². The molecule has 0 bridgehead atoms. The van der Waals surface area contributed by atoms with Crippen LogP contribution in [0.25, 0.3) is 22.4 Å². The zero-order valence-corrected chi connectivity index (χ0v) is 12.7. The van der Waals surface area contributed by atoms with Crippen LogP contribution >= 0.6 is 0 Å². The maximum absolute atomic E-state index is 13.4. The van der Waals surface area contributed by atoms with Crippen LogP contribution in [0.1, 0.15) is 0 Å². The lowest BCUT2D eigenvalue weighted by Crippen LogP contribution is -2.37. The van der Waals surface area contributed by atoms with E-state index in [-0.39, 0.29) is 5.82 Å². The van der Waals surface area contributed by atoms with E-state index in [1.54, 1.807) is 18.5 Å². The largest absolute Gasteiger partial charge is 0.378 e. The monoisotopic (exact) mass is 313 g/mol. The van der Waals surface area contributed by atoms with E-state index in [1.807, 2.05) is 11.6 Å². The third-order valence-corrected chi connectivity index (χ3v) is 4.03.